The van der Waals surface area contributed by atoms with E-state index in [2.05, 4.69) is 25.0 Å². The van der Waals surface area contributed by atoms with E-state index in [1.807, 2.05) is 12.1 Å². The fourth-order valence-electron chi connectivity index (χ4n) is 2.31. The zero-order valence-corrected chi connectivity index (χ0v) is 13.6. The van der Waals surface area contributed by atoms with Crippen molar-refractivity contribution < 1.29 is 8.42 Å². The second-order valence-electron chi connectivity index (χ2n) is 5.22. The lowest BCUT2D eigenvalue weighted by atomic mass is 10.1. The third-order valence-corrected chi connectivity index (χ3v) is 4.91. The van der Waals surface area contributed by atoms with Crippen LogP contribution in [0.4, 0.5) is 5.69 Å². The number of nitrogens with zero attached hydrogens (tertiary/aromatic N) is 5. The molecule has 0 radical (unpaired) electrons. The van der Waals surface area contributed by atoms with Crippen molar-refractivity contribution in [3.63, 3.8) is 0 Å². The van der Waals surface area contributed by atoms with Crippen LogP contribution in [0, 0.1) is 0 Å². The second kappa shape index (κ2) is 5.95. The molecule has 0 bridgehead atoms. The van der Waals surface area contributed by atoms with Gasteiger partial charge in [0.15, 0.2) is 5.65 Å². The van der Waals surface area contributed by atoms with Crippen molar-refractivity contribution in [2.45, 2.75) is 4.90 Å². The summed E-state index contributed by atoms with van der Waals surface area (Å²) < 4.78 is 28.7. The fraction of sp³-hybridized carbons (Fsp3) is 0. The van der Waals surface area contributed by atoms with Crippen LogP contribution in [0.15, 0.2) is 72.1 Å². The van der Waals surface area contributed by atoms with Crippen LogP contribution in [0.1, 0.15) is 0 Å². The number of nitrogens with one attached hydrogen (secondary N) is 1. The van der Waals surface area contributed by atoms with Crippen molar-refractivity contribution in [1.82, 2.24) is 24.8 Å². The molecule has 9 heteroatoms. The summed E-state index contributed by atoms with van der Waals surface area (Å²) in [4.78, 5) is 3.94. The number of hydrogen-bond donors (Lipinski definition) is 1. The Bertz CT molecular complexity index is 1120. The second-order valence-corrected chi connectivity index (χ2v) is 6.91. The molecule has 0 atom stereocenters. The number of fused-ring (bicyclic) bond motifs is 1. The van der Waals surface area contributed by atoms with E-state index in [1.54, 1.807) is 34.8 Å². The van der Waals surface area contributed by atoms with Crippen LogP contribution in [0.3, 0.4) is 0 Å². The molecule has 0 fully saturated rings. The molecule has 3 heterocycles. The van der Waals surface area contributed by atoms with E-state index in [1.165, 1.54) is 24.8 Å². The van der Waals surface area contributed by atoms with E-state index in [4.69, 9.17) is 0 Å². The van der Waals surface area contributed by atoms with Gasteiger partial charge in [0, 0.05) is 23.6 Å². The Kier molecular flexibility index (Phi) is 3.62. The molecule has 1 aromatic carbocycles. The highest BCUT2D eigenvalue weighted by Crippen LogP contribution is 2.21. The van der Waals surface area contributed by atoms with Gasteiger partial charge >= 0.3 is 0 Å². The molecule has 0 amide bonds. The van der Waals surface area contributed by atoms with Crippen LogP contribution in [-0.4, -0.2) is 33.2 Å². The zero-order valence-electron chi connectivity index (χ0n) is 12.8. The van der Waals surface area contributed by atoms with Gasteiger partial charge in [-0.05, 0) is 36.4 Å². The van der Waals surface area contributed by atoms with Crippen LogP contribution in [0.2, 0.25) is 0 Å². The molecule has 4 rings (SSSR count). The van der Waals surface area contributed by atoms with E-state index in [-0.39, 0.29) is 4.90 Å². The first kappa shape index (κ1) is 15.2. The van der Waals surface area contributed by atoms with E-state index in [0.29, 0.717) is 11.3 Å². The molecule has 4 aromatic rings. The molecule has 25 heavy (non-hydrogen) atoms. The monoisotopic (exact) mass is 352 g/mol. The maximum absolute atomic E-state index is 12.3. The molecule has 124 valence electrons. The van der Waals surface area contributed by atoms with Gasteiger partial charge in [0.25, 0.3) is 10.0 Å². The maximum atomic E-state index is 12.3. The summed E-state index contributed by atoms with van der Waals surface area (Å²) in [6.45, 7) is 0. The number of hydrogen-bond acceptors (Lipinski definition) is 6. The first-order valence-electron chi connectivity index (χ1n) is 7.32. The summed E-state index contributed by atoms with van der Waals surface area (Å²) in [6, 6.07) is 13.7. The quantitative estimate of drug-likeness (QED) is 0.602. The summed E-state index contributed by atoms with van der Waals surface area (Å²) in [6.07, 6.45) is 4.34. The molecular weight excluding hydrogens is 340 g/mol. The van der Waals surface area contributed by atoms with Crippen LogP contribution in [-0.2, 0) is 10.0 Å². The summed E-state index contributed by atoms with van der Waals surface area (Å²) in [5, 5.41) is 12.1. The Morgan fingerprint density at radius 2 is 1.84 bits per heavy atom. The Morgan fingerprint density at radius 1 is 1.00 bits per heavy atom. The van der Waals surface area contributed by atoms with Gasteiger partial charge in [-0.25, -0.2) is 8.42 Å². The molecule has 3 aromatic heterocycles. The van der Waals surface area contributed by atoms with Crippen LogP contribution in [0.25, 0.3) is 16.9 Å². The van der Waals surface area contributed by atoms with E-state index in [0.717, 1.165) is 11.3 Å². The Labute approximate surface area is 143 Å². The van der Waals surface area contributed by atoms with Gasteiger partial charge in [-0.3, -0.25) is 9.71 Å². The SMILES string of the molecule is O=S(=O)(Nc1ccc(-c2ccc3nncn3n2)cc1)c1cccnc1. The molecule has 0 saturated carbocycles. The maximum Gasteiger partial charge on any atom is 0.263 e. The smallest absolute Gasteiger partial charge is 0.263 e. The van der Waals surface area contributed by atoms with Gasteiger partial charge in [0.2, 0.25) is 0 Å². The number of sulfonamides is 1. The third kappa shape index (κ3) is 3.04. The lowest BCUT2D eigenvalue weighted by Gasteiger charge is -2.08. The number of aromatic nitrogens is 5. The molecule has 0 spiro atoms. The Balaban J connectivity index is 1.59. The normalized spacial score (nSPS) is 11.5. The van der Waals surface area contributed by atoms with Gasteiger partial charge < -0.3 is 0 Å². The van der Waals surface area contributed by atoms with Crippen molar-refractivity contribution in [2.75, 3.05) is 4.72 Å². The minimum absolute atomic E-state index is 0.110. The van der Waals surface area contributed by atoms with Gasteiger partial charge in [0.05, 0.1) is 5.69 Å². The summed E-state index contributed by atoms with van der Waals surface area (Å²) >= 11 is 0. The molecule has 1 N–H and O–H groups in total. The fourth-order valence-corrected chi connectivity index (χ4v) is 3.33. The zero-order chi connectivity index (χ0) is 17.3. The molecule has 0 unspecified atom stereocenters. The number of pyridine rings is 1. The number of anilines is 1. The van der Waals surface area contributed by atoms with Crippen LogP contribution >= 0.6 is 0 Å². The minimum atomic E-state index is -3.66. The Hall–Kier alpha value is -3.33. The summed E-state index contributed by atoms with van der Waals surface area (Å²) in [5.74, 6) is 0. The summed E-state index contributed by atoms with van der Waals surface area (Å²) in [5.41, 5.74) is 2.69. The molecule has 8 nitrogen and oxygen atoms in total. The van der Waals surface area contributed by atoms with Gasteiger partial charge in [0.1, 0.15) is 11.2 Å². The van der Waals surface area contributed by atoms with E-state index < -0.39 is 10.0 Å². The third-order valence-electron chi connectivity index (χ3n) is 3.54. The highest BCUT2D eigenvalue weighted by atomic mass is 32.2. The highest BCUT2D eigenvalue weighted by molar-refractivity contribution is 7.92. The standard InChI is InChI=1S/C16H12N6O2S/c23-25(24,14-2-1-9-17-10-14)21-13-5-3-12(4-6-13)15-7-8-16-19-18-11-22(16)20-15/h1-11,21H. The topological polar surface area (TPSA) is 102 Å². The van der Waals surface area contributed by atoms with Gasteiger partial charge in [-0.15, -0.1) is 10.2 Å². The molecule has 0 aliphatic rings. The lowest BCUT2D eigenvalue weighted by Crippen LogP contribution is -2.12. The lowest BCUT2D eigenvalue weighted by molar-refractivity contribution is 0.601. The van der Waals surface area contributed by atoms with Gasteiger partial charge in [-0.1, -0.05) is 12.1 Å². The highest BCUT2D eigenvalue weighted by Gasteiger charge is 2.14. The molecular formula is C16H12N6O2S. The number of rotatable bonds is 4. The number of benzene rings is 1. The van der Waals surface area contributed by atoms with Crippen molar-refractivity contribution in [2.24, 2.45) is 0 Å². The van der Waals surface area contributed by atoms with Crippen LogP contribution < -0.4 is 4.72 Å². The predicted octanol–water partition coefficient (Wildman–Crippen LogP) is 1.99. The van der Waals surface area contributed by atoms with Crippen molar-refractivity contribution in [3.05, 3.63) is 67.3 Å². The average Bonchev–Trinajstić information content (AvgIpc) is 3.10. The molecule has 0 aliphatic carbocycles. The van der Waals surface area contributed by atoms with E-state index >= 15 is 0 Å². The molecule has 0 saturated heterocycles. The molecule has 0 aliphatic heterocycles. The van der Waals surface area contributed by atoms with Crippen molar-refractivity contribution in [3.8, 4) is 11.3 Å². The van der Waals surface area contributed by atoms with Crippen LogP contribution in [0.5, 0.6) is 0 Å². The first-order chi connectivity index (χ1) is 12.1. The minimum Gasteiger partial charge on any atom is -0.280 e. The van der Waals surface area contributed by atoms with Crippen molar-refractivity contribution in [1.29, 1.82) is 0 Å². The Morgan fingerprint density at radius 3 is 2.60 bits per heavy atom. The first-order valence-corrected chi connectivity index (χ1v) is 8.80. The van der Waals surface area contributed by atoms with Gasteiger partial charge in [-0.2, -0.15) is 9.61 Å². The summed E-state index contributed by atoms with van der Waals surface area (Å²) in [7, 11) is -3.66. The van der Waals surface area contributed by atoms with Crippen molar-refractivity contribution >= 4 is 21.4 Å². The van der Waals surface area contributed by atoms with E-state index in [9.17, 15) is 8.42 Å². The largest absolute Gasteiger partial charge is 0.280 e. The average molecular weight is 352 g/mol. The predicted molar refractivity (Wildman–Crippen MR) is 91.3 cm³/mol.